The van der Waals surface area contributed by atoms with Gasteiger partial charge in [0.05, 0.1) is 12.6 Å². The molecule has 5 nitrogen and oxygen atoms in total. The molecule has 3 heterocycles. The highest BCUT2D eigenvalue weighted by Gasteiger charge is 2.28. The zero-order valence-electron chi connectivity index (χ0n) is 18.9. The SMILES string of the molecule is O=C(CN1CCCC(N2CCCCCC2)C1)NCC(c1ccccc1Cl)N1CCCC1. The van der Waals surface area contributed by atoms with Gasteiger partial charge in [0.2, 0.25) is 5.91 Å². The van der Waals surface area contributed by atoms with E-state index in [0.29, 0.717) is 19.1 Å². The Morgan fingerprint density at radius 3 is 2.42 bits per heavy atom. The Labute approximate surface area is 193 Å². The number of carbonyl (C=O) groups excluding carboxylic acids is 1. The van der Waals surface area contributed by atoms with Gasteiger partial charge in [-0.05, 0) is 82.9 Å². The maximum atomic E-state index is 12.9. The number of nitrogens with one attached hydrogen (secondary N) is 1. The molecule has 0 bridgehead atoms. The molecule has 31 heavy (non-hydrogen) atoms. The molecule has 1 aromatic rings. The highest BCUT2D eigenvalue weighted by atomic mass is 35.5. The Kier molecular flexibility index (Phi) is 8.65. The van der Waals surface area contributed by atoms with E-state index in [1.807, 2.05) is 18.2 Å². The van der Waals surface area contributed by atoms with Gasteiger partial charge in [-0.25, -0.2) is 0 Å². The summed E-state index contributed by atoms with van der Waals surface area (Å²) < 4.78 is 0. The van der Waals surface area contributed by atoms with Crippen LogP contribution in [0.15, 0.2) is 24.3 Å². The third kappa shape index (κ3) is 6.44. The summed E-state index contributed by atoms with van der Waals surface area (Å²) in [7, 11) is 0. The maximum Gasteiger partial charge on any atom is 0.234 e. The van der Waals surface area contributed by atoms with Gasteiger partial charge in [-0.1, -0.05) is 42.6 Å². The predicted octanol–water partition coefficient (Wildman–Crippen LogP) is 3.93. The topological polar surface area (TPSA) is 38.8 Å². The third-order valence-electron chi connectivity index (χ3n) is 7.34. The van der Waals surface area contributed by atoms with Gasteiger partial charge >= 0.3 is 0 Å². The molecule has 0 saturated carbocycles. The molecule has 172 valence electrons. The molecule has 6 heteroatoms. The first-order valence-electron chi connectivity index (χ1n) is 12.4. The van der Waals surface area contributed by atoms with Crippen LogP contribution < -0.4 is 5.32 Å². The van der Waals surface area contributed by atoms with E-state index in [9.17, 15) is 4.79 Å². The molecule has 1 N–H and O–H groups in total. The van der Waals surface area contributed by atoms with Crippen LogP contribution in [0.3, 0.4) is 0 Å². The van der Waals surface area contributed by atoms with Crippen LogP contribution in [-0.2, 0) is 4.79 Å². The molecule has 4 rings (SSSR count). The van der Waals surface area contributed by atoms with Crippen LogP contribution in [-0.4, -0.2) is 79.0 Å². The Bertz CT molecular complexity index is 701. The van der Waals surface area contributed by atoms with E-state index in [1.165, 1.54) is 64.5 Å². The predicted molar refractivity (Wildman–Crippen MR) is 128 cm³/mol. The average molecular weight is 447 g/mol. The van der Waals surface area contributed by atoms with Gasteiger partial charge in [0.25, 0.3) is 0 Å². The second-order valence-corrected chi connectivity index (χ2v) is 9.97. The van der Waals surface area contributed by atoms with Crippen molar-refractivity contribution in [1.29, 1.82) is 0 Å². The fourth-order valence-corrected chi connectivity index (χ4v) is 5.90. The lowest BCUT2D eigenvalue weighted by Gasteiger charge is -2.39. The molecule has 0 aromatic heterocycles. The van der Waals surface area contributed by atoms with E-state index < -0.39 is 0 Å². The smallest absolute Gasteiger partial charge is 0.234 e. The fraction of sp³-hybridized carbons (Fsp3) is 0.720. The van der Waals surface area contributed by atoms with Gasteiger partial charge in [-0.2, -0.15) is 0 Å². The Hall–Kier alpha value is -1.14. The monoisotopic (exact) mass is 446 g/mol. The molecule has 0 radical (unpaired) electrons. The Morgan fingerprint density at radius 2 is 1.68 bits per heavy atom. The van der Waals surface area contributed by atoms with Gasteiger partial charge in [0.1, 0.15) is 0 Å². The van der Waals surface area contributed by atoms with E-state index >= 15 is 0 Å². The number of hydrogen-bond acceptors (Lipinski definition) is 4. The first-order chi connectivity index (χ1) is 15.2. The Morgan fingerprint density at radius 1 is 0.968 bits per heavy atom. The minimum atomic E-state index is 0.146. The summed E-state index contributed by atoms with van der Waals surface area (Å²) in [5.74, 6) is 0.146. The van der Waals surface area contributed by atoms with Gasteiger partial charge in [-0.3, -0.25) is 19.5 Å². The number of rotatable bonds is 7. The van der Waals surface area contributed by atoms with Gasteiger partial charge in [0, 0.05) is 24.2 Å². The lowest BCUT2D eigenvalue weighted by Crippen LogP contribution is -2.51. The number of nitrogens with zero attached hydrogens (tertiary/aromatic N) is 3. The average Bonchev–Trinajstić information content (AvgIpc) is 3.17. The maximum absolute atomic E-state index is 12.9. The second-order valence-electron chi connectivity index (χ2n) is 9.57. The molecule has 3 saturated heterocycles. The van der Waals surface area contributed by atoms with Crippen molar-refractivity contribution in [2.75, 3.05) is 52.4 Å². The lowest BCUT2D eigenvalue weighted by molar-refractivity contribution is -0.123. The molecular weight excluding hydrogens is 408 g/mol. The molecule has 1 aromatic carbocycles. The molecule has 2 unspecified atom stereocenters. The highest BCUT2D eigenvalue weighted by Crippen LogP contribution is 2.29. The van der Waals surface area contributed by atoms with Crippen LogP contribution in [0.25, 0.3) is 0 Å². The van der Waals surface area contributed by atoms with Crippen LogP contribution >= 0.6 is 11.6 Å². The van der Waals surface area contributed by atoms with Crippen molar-refractivity contribution in [3.05, 3.63) is 34.9 Å². The quantitative estimate of drug-likeness (QED) is 0.688. The van der Waals surface area contributed by atoms with Crippen LogP contribution in [0.1, 0.15) is 63.0 Å². The molecule has 3 aliphatic heterocycles. The summed E-state index contributed by atoms with van der Waals surface area (Å²) in [6.45, 7) is 7.85. The minimum Gasteiger partial charge on any atom is -0.353 e. The number of benzene rings is 1. The third-order valence-corrected chi connectivity index (χ3v) is 7.69. The van der Waals surface area contributed by atoms with Crippen molar-refractivity contribution >= 4 is 17.5 Å². The van der Waals surface area contributed by atoms with E-state index in [1.54, 1.807) is 0 Å². The summed E-state index contributed by atoms with van der Waals surface area (Å²) in [5.41, 5.74) is 1.13. The summed E-state index contributed by atoms with van der Waals surface area (Å²) >= 11 is 6.52. The zero-order chi connectivity index (χ0) is 21.5. The number of halogens is 1. The summed E-state index contributed by atoms with van der Waals surface area (Å²) in [6.07, 6.45) is 10.3. The van der Waals surface area contributed by atoms with Gasteiger partial charge < -0.3 is 5.32 Å². The standard InChI is InChI=1S/C25H39ClN4O/c26-23-12-4-3-11-22(23)24(30-16-7-8-17-30)18-27-25(31)20-28-13-9-10-21(19-28)29-14-5-1-2-6-15-29/h3-4,11-12,21,24H,1-2,5-10,13-20H2,(H,27,31). The minimum absolute atomic E-state index is 0.146. The van der Waals surface area contributed by atoms with Crippen LogP contribution in [0, 0.1) is 0 Å². The molecule has 0 aliphatic carbocycles. The van der Waals surface area contributed by atoms with Crippen molar-refractivity contribution < 1.29 is 4.79 Å². The van der Waals surface area contributed by atoms with Crippen molar-refractivity contribution in [1.82, 2.24) is 20.0 Å². The molecule has 3 fully saturated rings. The van der Waals surface area contributed by atoms with Crippen molar-refractivity contribution in [2.24, 2.45) is 0 Å². The number of piperidine rings is 1. The van der Waals surface area contributed by atoms with Gasteiger partial charge in [0.15, 0.2) is 0 Å². The van der Waals surface area contributed by atoms with Crippen LogP contribution in [0.4, 0.5) is 0 Å². The zero-order valence-corrected chi connectivity index (χ0v) is 19.7. The second kappa shape index (κ2) is 11.6. The molecule has 3 aliphatic rings. The van der Waals surface area contributed by atoms with Crippen molar-refractivity contribution in [3.8, 4) is 0 Å². The van der Waals surface area contributed by atoms with Gasteiger partial charge in [-0.15, -0.1) is 0 Å². The highest BCUT2D eigenvalue weighted by molar-refractivity contribution is 6.31. The van der Waals surface area contributed by atoms with Crippen molar-refractivity contribution in [3.63, 3.8) is 0 Å². The molecule has 1 amide bonds. The first-order valence-corrected chi connectivity index (χ1v) is 12.8. The van der Waals surface area contributed by atoms with E-state index in [4.69, 9.17) is 11.6 Å². The number of carbonyl (C=O) groups is 1. The summed E-state index contributed by atoms with van der Waals surface area (Å²) in [6, 6.07) is 8.86. The van der Waals surface area contributed by atoms with E-state index in [0.717, 1.165) is 36.8 Å². The van der Waals surface area contributed by atoms with Crippen LogP contribution in [0.2, 0.25) is 5.02 Å². The van der Waals surface area contributed by atoms with Crippen molar-refractivity contribution in [2.45, 2.75) is 63.5 Å². The molecule has 2 atom stereocenters. The molecular formula is C25H39ClN4O. The summed E-state index contributed by atoms with van der Waals surface area (Å²) in [4.78, 5) is 20.4. The van der Waals surface area contributed by atoms with E-state index in [2.05, 4.69) is 26.1 Å². The Balaban J connectivity index is 1.30. The first kappa shape index (κ1) is 23.0. The number of likely N-dealkylation sites (tertiary alicyclic amines) is 3. The van der Waals surface area contributed by atoms with Crippen LogP contribution in [0.5, 0.6) is 0 Å². The van der Waals surface area contributed by atoms with E-state index in [-0.39, 0.29) is 11.9 Å². The number of amides is 1. The number of hydrogen-bond donors (Lipinski definition) is 1. The molecule has 0 spiro atoms. The largest absolute Gasteiger partial charge is 0.353 e. The summed E-state index contributed by atoms with van der Waals surface area (Å²) in [5, 5.41) is 4.04. The lowest BCUT2D eigenvalue weighted by atomic mass is 10.0. The fourth-order valence-electron chi connectivity index (χ4n) is 5.64. The normalized spacial score (nSPS) is 25.3.